The molecule has 1 amide bonds. The van der Waals surface area contributed by atoms with E-state index < -0.39 is 9.84 Å². The molecular weight excluding hydrogens is 266 g/mol. The van der Waals surface area contributed by atoms with Gasteiger partial charge in [-0.15, -0.1) is 0 Å². The maximum absolute atomic E-state index is 12.0. The highest BCUT2D eigenvalue weighted by Gasteiger charge is 2.19. The Hall–Kier alpha value is -0.660. The number of piperazine rings is 1. The SMILES string of the molecule is CC(CS(C)(=O)=O)N(C)CCC(=O)N1CCNCC1. The molecule has 1 saturated heterocycles. The van der Waals surface area contributed by atoms with Crippen LogP contribution in [0, 0.1) is 0 Å². The van der Waals surface area contributed by atoms with Crippen molar-refractivity contribution in [2.45, 2.75) is 19.4 Å². The van der Waals surface area contributed by atoms with E-state index in [1.54, 1.807) is 0 Å². The first kappa shape index (κ1) is 16.4. The van der Waals surface area contributed by atoms with E-state index in [1.807, 2.05) is 23.8 Å². The standard InChI is InChI=1S/C12H25N3O3S/c1-11(10-19(3,17)18)14(2)7-4-12(16)15-8-5-13-6-9-15/h11,13H,4-10H2,1-3H3. The number of rotatable bonds is 6. The highest BCUT2D eigenvalue weighted by molar-refractivity contribution is 7.90. The monoisotopic (exact) mass is 291 g/mol. The molecule has 112 valence electrons. The first-order chi connectivity index (χ1) is 8.79. The van der Waals surface area contributed by atoms with E-state index in [1.165, 1.54) is 6.26 Å². The van der Waals surface area contributed by atoms with E-state index in [4.69, 9.17) is 0 Å². The van der Waals surface area contributed by atoms with Gasteiger partial charge in [0.05, 0.1) is 5.75 Å². The molecule has 0 aromatic rings. The van der Waals surface area contributed by atoms with E-state index in [0.29, 0.717) is 13.0 Å². The lowest BCUT2D eigenvalue weighted by Crippen LogP contribution is -2.47. The summed E-state index contributed by atoms with van der Waals surface area (Å²) in [5.41, 5.74) is 0. The van der Waals surface area contributed by atoms with E-state index in [2.05, 4.69) is 5.32 Å². The Bertz CT molecular complexity index is 391. The number of nitrogens with one attached hydrogen (secondary N) is 1. The molecule has 0 saturated carbocycles. The molecule has 6 nitrogen and oxygen atoms in total. The highest BCUT2D eigenvalue weighted by Crippen LogP contribution is 2.03. The van der Waals surface area contributed by atoms with Crippen molar-refractivity contribution in [3.8, 4) is 0 Å². The van der Waals surface area contributed by atoms with Crippen molar-refractivity contribution < 1.29 is 13.2 Å². The van der Waals surface area contributed by atoms with E-state index in [9.17, 15) is 13.2 Å². The summed E-state index contributed by atoms with van der Waals surface area (Å²) in [6, 6.07) is -0.0641. The molecule has 1 atom stereocenters. The van der Waals surface area contributed by atoms with Gasteiger partial charge in [0.2, 0.25) is 5.91 Å². The van der Waals surface area contributed by atoms with Crippen LogP contribution in [0.4, 0.5) is 0 Å². The van der Waals surface area contributed by atoms with Crippen molar-refractivity contribution in [2.75, 3.05) is 51.8 Å². The van der Waals surface area contributed by atoms with Gasteiger partial charge in [0, 0.05) is 51.4 Å². The van der Waals surface area contributed by atoms with Crippen LogP contribution in [-0.2, 0) is 14.6 Å². The molecule has 19 heavy (non-hydrogen) atoms. The highest BCUT2D eigenvalue weighted by atomic mass is 32.2. The van der Waals surface area contributed by atoms with Crippen LogP contribution in [0.15, 0.2) is 0 Å². The Labute approximate surface area is 116 Å². The van der Waals surface area contributed by atoms with Gasteiger partial charge in [0.1, 0.15) is 9.84 Å². The second-order valence-electron chi connectivity index (χ2n) is 5.30. The van der Waals surface area contributed by atoms with Crippen LogP contribution >= 0.6 is 0 Å². The Morgan fingerprint density at radius 1 is 1.37 bits per heavy atom. The minimum Gasteiger partial charge on any atom is -0.340 e. The molecule has 1 unspecified atom stereocenters. The van der Waals surface area contributed by atoms with E-state index >= 15 is 0 Å². The molecule has 0 aromatic carbocycles. The molecule has 0 aromatic heterocycles. The largest absolute Gasteiger partial charge is 0.340 e. The van der Waals surface area contributed by atoms with Crippen LogP contribution in [-0.4, -0.2) is 81.9 Å². The summed E-state index contributed by atoms with van der Waals surface area (Å²) in [6.07, 6.45) is 1.69. The number of hydrogen-bond donors (Lipinski definition) is 1. The molecule has 1 rings (SSSR count). The number of hydrogen-bond acceptors (Lipinski definition) is 5. The van der Waals surface area contributed by atoms with Gasteiger partial charge in [-0.1, -0.05) is 0 Å². The minimum atomic E-state index is -2.97. The zero-order chi connectivity index (χ0) is 14.5. The quantitative estimate of drug-likeness (QED) is 0.692. The van der Waals surface area contributed by atoms with Crippen molar-refractivity contribution in [1.82, 2.24) is 15.1 Å². The van der Waals surface area contributed by atoms with Gasteiger partial charge in [-0.3, -0.25) is 4.79 Å². The molecule has 1 N–H and O–H groups in total. The summed E-state index contributed by atoms with van der Waals surface area (Å²) < 4.78 is 22.4. The summed E-state index contributed by atoms with van der Waals surface area (Å²) in [7, 11) is -1.11. The summed E-state index contributed by atoms with van der Waals surface area (Å²) >= 11 is 0. The van der Waals surface area contributed by atoms with Gasteiger partial charge < -0.3 is 15.1 Å². The molecule has 0 aliphatic carbocycles. The fraction of sp³-hybridized carbons (Fsp3) is 0.917. The number of nitrogens with zero attached hydrogens (tertiary/aromatic N) is 2. The summed E-state index contributed by atoms with van der Waals surface area (Å²) in [4.78, 5) is 15.8. The predicted octanol–water partition coefficient (Wildman–Crippen LogP) is -0.827. The maximum Gasteiger partial charge on any atom is 0.223 e. The van der Waals surface area contributed by atoms with Gasteiger partial charge in [-0.2, -0.15) is 0 Å². The van der Waals surface area contributed by atoms with E-state index in [-0.39, 0.29) is 17.7 Å². The van der Waals surface area contributed by atoms with Gasteiger partial charge in [-0.25, -0.2) is 8.42 Å². The van der Waals surface area contributed by atoms with Crippen LogP contribution < -0.4 is 5.32 Å². The average molecular weight is 291 g/mol. The molecule has 0 spiro atoms. The molecule has 0 radical (unpaired) electrons. The molecule has 7 heteroatoms. The van der Waals surface area contributed by atoms with Gasteiger partial charge in [0.15, 0.2) is 0 Å². The first-order valence-electron chi connectivity index (χ1n) is 6.66. The number of sulfone groups is 1. The normalized spacial score (nSPS) is 18.6. The number of amides is 1. The van der Waals surface area contributed by atoms with Crippen molar-refractivity contribution in [3.05, 3.63) is 0 Å². The molecule has 1 fully saturated rings. The van der Waals surface area contributed by atoms with Crippen LogP contribution in [0.25, 0.3) is 0 Å². The number of carbonyl (C=O) groups excluding carboxylic acids is 1. The smallest absolute Gasteiger partial charge is 0.223 e. The van der Waals surface area contributed by atoms with Gasteiger partial charge >= 0.3 is 0 Å². The summed E-state index contributed by atoms with van der Waals surface area (Å²) in [5.74, 6) is 0.283. The Morgan fingerprint density at radius 3 is 2.47 bits per heavy atom. The zero-order valence-corrected chi connectivity index (χ0v) is 12.9. The van der Waals surface area contributed by atoms with Crippen molar-refractivity contribution >= 4 is 15.7 Å². The topological polar surface area (TPSA) is 69.7 Å². The second kappa shape index (κ2) is 7.21. The van der Waals surface area contributed by atoms with Crippen LogP contribution in [0.5, 0.6) is 0 Å². The average Bonchev–Trinajstić information content (AvgIpc) is 2.34. The Kier molecular flexibility index (Phi) is 6.22. The van der Waals surface area contributed by atoms with Gasteiger partial charge in [0.25, 0.3) is 0 Å². The summed E-state index contributed by atoms with van der Waals surface area (Å²) in [6.45, 7) is 5.71. The van der Waals surface area contributed by atoms with Crippen LogP contribution in [0.3, 0.4) is 0 Å². The second-order valence-corrected chi connectivity index (χ2v) is 7.49. The van der Waals surface area contributed by atoms with Crippen molar-refractivity contribution in [1.29, 1.82) is 0 Å². The van der Waals surface area contributed by atoms with Crippen LogP contribution in [0.2, 0.25) is 0 Å². The Morgan fingerprint density at radius 2 is 1.95 bits per heavy atom. The Balaban J connectivity index is 2.32. The first-order valence-corrected chi connectivity index (χ1v) is 8.72. The zero-order valence-electron chi connectivity index (χ0n) is 12.1. The third kappa shape index (κ3) is 6.35. The third-order valence-corrected chi connectivity index (χ3v) is 4.53. The predicted molar refractivity (Wildman–Crippen MR) is 75.9 cm³/mol. The third-order valence-electron chi connectivity index (χ3n) is 3.44. The fourth-order valence-electron chi connectivity index (χ4n) is 2.13. The minimum absolute atomic E-state index is 0.0641. The lowest BCUT2D eigenvalue weighted by molar-refractivity contribution is -0.132. The maximum atomic E-state index is 12.0. The fourth-order valence-corrected chi connectivity index (χ4v) is 3.26. The molecule has 1 aliphatic rings. The van der Waals surface area contributed by atoms with Gasteiger partial charge in [-0.05, 0) is 14.0 Å². The lowest BCUT2D eigenvalue weighted by atomic mass is 10.2. The molecular formula is C12H25N3O3S. The summed E-state index contributed by atoms with van der Waals surface area (Å²) in [5, 5.41) is 3.21. The lowest BCUT2D eigenvalue weighted by Gasteiger charge is -2.29. The molecule has 1 heterocycles. The van der Waals surface area contributed by atoms with Crippen molar-refractivity contribution in [2.24, 2.45) is 0 Å². The van der Waals surface area contributed by atoms with E-state index in [0.717, 1.165) is 26.2 Å². The molecule has 1 aliphatic heterocycles. The van der Waals surface area contributed by atoms with Crippen LogP contribution in [0.1, 0.15) is 13.3 Å². The number of carbonyl (C=O) groups is 1. The van der Waals surface area contributed by atoms with Crippen molar-refractivity contribution in [3.63, 3.8) is 0 Å². The molecule has 0 bridgehead atoms.